The second-order valence-electron chi connectivity index (χ2n) is 8.08. The van der Waals surface area contributed by atoms with E-state index in [-0.39, 0.29) is 28.0 Å². The Hall–Kier alpha value is -2.84. The van der Waals surface area contributed by atoms with E-state index in [1.165, 1.54) is 11.3 Å². The molecule has 0 radical (unpaired) electrons. The standard InChI is InChI=1S/C24H25NO5S2/c1-15(2)13-30-19-10-9-16(11-20(19)29-3)18-12-22(26)25-23-21(14-31-24(18)23)32(27,28)17-7-5-4-6-8-17/h4-11,14-15,18H,12-13H2,1-3H3,(H,25,26)/t18-/m0/s1. The fourth-order valence-corrected chi connectivity index (χ4v) is 6.60. The first-order valence-electron chi connectivity index (χ1n) is 10.3. The Morgan fingerprint density at radius 1 is 1.12 bits per heavy atom. The second-order valence-corrected chi connectivity index (χ2v) is 10.9. The minimum atomic E-state index is -3.75. The van der Waals surface area contributed by atoms with Crippen LogP contribution >= 0.6 is 11.3 Å². The largest absolute Gasteiger partial charge is 0.493 e. The predicted octanol–water partition coefficient (Wildman–Crippen LogP) is 5.10. The number of nitrogens with one attached hydrogen (secondary N) is 1. The van der Waals surface area contributed by atoms with Crippen LogP contribution in [0.1, 0.15) is 36.6 Å². The van der Waals surface area contributed by atoms with Crippen molar-refractivity contribution in [2.24, 2.45) is 5.92 Å². The fraction of sp³-hybridized carbons (Fsp3) is 0.292. The molecule has 1 aliphatic rings. The van der Waals surface area contributed by atoms with Gasteiger partial charge in [-0.05, 0) is 35.7 Å². The Morgan fingerprint density at radius 3 is 2.56 bits per heavy atom. The Morgan fingerprint density at radius 2 is 1.88 bits per heavy atom. The van der Waals surface area contributed by atoms with Gasteiger partial charge in [0.15, 0.2) is 11.5 Å². The zero-order valence-electron chi connectivity index (χ0n) is 18.1. The number of fused-ring (bicyclic) bond motifs is 1. The molecule has 6 nitrogen and oxygen atoms in total. The Bertz CT molecular complexity index is 1230. The molecule has 8 heteroatoms. The molecule has 1 aliphatic heterocycles. The van der Waals surface area contributed by atoms with Gasteiger partial charge in [-0.1, -0.05) is 38.1 Å². The van der Waals surface area contributed by atoms with Crippen molar-refractivity contribution in [3.8, 4) is 11.5 Å². The van der Waals surface area contributed by atoms with Gasteiger partial charge in [-0.25, -0.2) is 8.42 Å². The summed E-state index contributed by atoms with van der Waals surface area (Å²) in [6.07, 6.45) is 0.230. The Labute approximate surface area is 192 Å². The summed E-state index contributed by atoms with van der Waals surface area (Å²) in [6, 6.07) is 13.9. The lowest BCUT2D eigenvalue weighted by atomic mass is 9.90. The van der Waals surface area contributed by atoms with E-state index in [4.69, 9.17) is 9.47 Å². The molecular weight excluding hydrogens is 446 g/mol. The average Bonchev–Trinajstić information content (AvgIpc) is 3.22. The highest BCUT2D eigenvalue weighted by atomic mass is 32.2. The van der Waals surface area contributed by atoms with Crippen LogP contribution in [-0.2, 0) is 14.6 Å². The van der Waals surface area contributed by atoms with Crippen molar-refractivity contribution in [3.63, 3.8) is 0 Å². The second kappa shape index (κ2) is 8.96. The van der Waals surface area contributed by atoms with Gasteiger partial charge in [0.05, 0.1) is 24.3 Å². The van der Waals surface area contributed by atoms with Gasteiger partial charge in [0, 0.05) is 22.6 Å². The summed E-state index contributed by atoms with van der Waals surface area (Å²) >= 11 is 1.34. The van der Waals surface area contributed by atoms with Gasteiger partial charge in [-0.15, -0.1) is 11.3 Å². The smallest absolute Gasteiger partial charge is 0.225 e. The fourth-order valence-electron chi connectivity index (χ4n) is 3.67. The molecule has 1 amide bonds. The van der Waals surface area contributed by atoms with Crippen molar-refractivity contribution in [1.82, 2.24) is 0 Å². The van der Waals surface area contributed by atoms with Gasteiger partial charge in [0.25, 0.3) is 0 Å². The van der Waals surface area contributed by atoms with Crippen LogP contribution in [0, 0.1) is 5.92 Å². The third-order valence-corrected chi connectivity index (χ3v) is 8.30. The van der Waals surface area contributed by atoms with E-state index < -0.39 is 9.84 Å². The summed E-state index contributed by atoms with van der Waals surface area (Å²) in [7, 11) is -2.17. The highest BCUT2D eigenvalue weighted by Crippen LogP contribution is 2.47. The van der Waals surface area contributed by atoms with Crippen molar-refractivity contribution < 1.29 is 22.7 Å². The lowest BCUT2D eigenvalue weighted by Gasteiger charge is -2.24. The van der Waals surface area contributed by atoms with E-state index in [0.717, 1.165) is 10.4 Å². The van der Waals surface area contributed by atoms with Crippen LogP contribution < -0.4 is 14.8 Å². The molecule has 1 aromatic heterocycles. The maximum atomic E-state index is 13.2. The summed E-state index contributed by atoms with van der Waals surface area (Å²) in [6.45, 7) is 4.71. The van der Waals surface area contributed by atoms with Crippen LogP contribution in [0.5, 0.6) is 11.5 Å². The van der Waals surface area contributed by atoms with Crippen molar-refractivity contribution >= 4 is 32.8 Å². The van der Waals surface area contributed by atoms with Gasteiger partial charge >= 0.3 is 0 Å². The zero-order chi connectivity index (χ0) is 22.9. The molecular formula is C24H25NO5S2. The number of hydrogen-bond acceptors (Lipinski definition) is 6. The van der Waals surface area contributed by atoms with Gasteiger partial charge < -0.3 is 14.8 Å². The number of benzene rings is 2. The summed E-state index contributed by atoms with van der Waals surface area (Å²) in [5.41, 5.74) is 1.25. The number of anilines is 1. The van der Waals surface area contributed by atoms with E-state index in [1.807, 2.05) is 18.2 Å². The number of hydrogen-bond donors (Lipinski definition) is 1. The molecule has 0 saturated heterocycles. The quantitative estimate of drug-likeness (QED) is 0.519. The first kappa shape index (κ1) is 22.4. The molecule has 0 bridgehead atoms. The first-order chi connectivity index (χ1) is 15.3. The Kier molecular flexibility index (Phi) is 6.26. The lowest BCUT2D eigenvalue weighted by Crippen LogP contribution is -2.23. The van der Waals surface area contributed by atoms with Crippen LogP contribution in [0.25, 0.3) is 0 Å². The molecule has 0 saturated carbocycles. The lowest BCUT2D eigenvalue weighted by molar-refractivity contribution is -0.116. The molecule has 2 aromatic carbocycles. The van der Waals surface area contributed by atoms with Crippen LogP contribution in [0.2, 0.25) is 0 Å². The number of sulfone groups is 1. The number of thiophene rings is 1. The van der Waals surface area contributed by atoms with Crippen molar-refractivity contribution in [3.05, 3.63) is 64.4 Å². The maximum Gasteiger partial charge on any atom is 0.225 e. The SMILES string of the molecule is COc1cc([C@@H]2CC(=O)Nc3c(S(=O)(=O)c4ccccc4)csc32)ccc1OCC(C)C. The van der Waals surface area contributed by atoms with Crippen molar-refractivity contribution in [2.75, 3.05) is 19.0 Å². The molecule has 3 aromatic rings. The van der Waals surface area contributed by atoms with Crippen LogP contribution in [0.4, 0.5) is 5.69 Å². The minimum absolute atomic E-state index is 0.130. The minimum Gasteiger partial charge on any atom is -0.493 e. The molecule has 1 atom stereocenters. The van der Waals surface area contributed by atoms with Crippen LogP contribution in [0.3, 0.4) is 0 Å². The van der Waals surface area contributed by atoms with Crippen molar-refractivity contribution in [2.45, 2.75) is 36.0 Å². The number of methoxy groups -OCH3 is 1. The highest BCUT2D eigenvalue weighted by molar-refractivity contribution is 7.91. The zero-order valence-corrected chi connectivity index (χ0v) is 19.8. The number of carbonyl (C=O) groups is 1. The molecule has 0 unspecified atom stereocenters. The monoisotopic (exact) mass is 471 g/mol. The number of rotatable bonds is 7. The first-order valence-corrected chi connectivity index (χ1v) is 12.7. The van der Waals surface area contributed by atoms with E-state index in [2.05, 4.69) is 19.2 Å². The number of ether oxygens (including phenoxy) is 2. The van der Waals surface area contributed by atoms with Crippen molar-refractivity contribution in [1.29, 1.82) is 0 Å². The normalized spacial score (nSPS) is 15.9. The molecule has 0 aliphatic carbocycles. The predicted molar refractivity (Wildman–Crippen MR) is 125 cm³/mol. The topological polar surface area (TPSA) is 81.7 Å². The van der Waals surface area contributed by atoms with Gasteiger partial charge in [0.2, 0.25) is 15.7 Å². The number of amides is 1. The summed E-state index contributed by atoms with van der Waals surface area (Å²) in [4.78, 5) is 13.7. The summed E-state index contributed by atoms with van der Waals surface area (Å²) in [5.74, 6) is 1.12. The average molecular weight is 472 g/mol. The molecule has 0 fully saturated rings. The van der Waals surface area contributed by atoms with Gasteiger partial charge in [0.1, 0.15) is 4.90 Å². The van der Waals surface area contributed by atoms with Gasteiger partial charge in [-0.2, -0.15) is 0 Å². The van der Waals surface area contributed by atoms with Crippen LogP contribution in [-0.4, -0.2) is 28.0 Å². The van der Waals surface area contributed by atoms with E-state index in [9.17, 15) is 13.2 Å². The summed E-state index contributed by atoms with van der Waals surface area (Å²) in [5, 5.41) is 4.41. The van der Waals surface area contributed by atoms with Crippen LogP contribution in [0.15, 0.2) is 63.7 Å². The highest BCUT2D eigenvalue weighted by Gasteiger charge is 2.34. The molecule has 0 spiro atoms. The third kappa shape index (κ3) is 4.25. The molecule has 168 valence electrons. The Balaban J connectivity index is 1.73. The van der Waals surface area contributed by atoms with E-state index >= 15 is 0 Å². The third-order valence-electron chi connectivity index (χ3n) is 5.26. The number of carbonyl (C=O) groups excluding carboxylic acids is 1. The molecule has 1 N–H and O–H groups in total. The maximum absolute atomic E-state index is 13.2. The van der Waals surface area contributed by atoms with Gasteiger partial charge in [-0.3, -0.25) is 4.79 Å². The van der Waals surface area contributed by atoms with E-state index in [0.29, 0.717) is 29.7 Å². The summed E-state index contributed by atoms with van der Waals surface area (Å²) < 4.78 is 37.8. The molecule has 32 heavy (non-hydrogen) atoms. The molecule has 2 heterocycles. The van der Waals surface area contributed by atoms with E-state index in [1.54, 1.807) is 42.8 Å². The molecule has 4 rings (SSSR count).